The lowest BCUT2D eigenvalue weighted by Gasteiger charge is -2.22. The van der Waals surface area contributed by atoms with E-state index in [9.17, 15) is 14.0 Å². The van der Waals surface area contributed by atoms with Crippen LogP contribution in [0.5, 0.6) is 0 Å². The Morgan fingerprint density at radius 3 is 2.76 bits per heavy atom. The molecule has 1 saturated heterocycles. The monoisotopic (exact) mass is 397 g/mol. The first-order valence-electron chi connectivity index (χ1n) is 9.67. The van der Waals surface area contributed by atoms with Crippen molar-refractivity contribution in [3.05, 3.63) is 65.6 Å². The zero-order chi connectivity index (χ0) is 20.6. The first kappa shape index (κ1) is 20.5. The number of hydrogen-bond acceptors (Lipinski definition) is 5. The third-order valence-electron chi connectivity index (χ3n) is 4.66. The number of amides is 1. The second-order valence-corrected chi connectivity index (χ2v) is 6.68. The lowest BCUT2D eigenvalue weighted by Crippen LogP contribution is -2.34. The van der Waals surface area contributed by atoms with Crippen LogP contribution in [0, 0.1) is 5.82 Å². The van der Waals surface area contributed by atoms with Crippen molar-refractivity contribution in [1.29, 1.82) is 0 Å². The van der Waals surface area contributed by atoms with Gasteiger partial charge in [-0.3, -0.25) is 4.79 Å². The van der Waals surface area contributed by atoms with Gasteiger partial charge < -0.3 is 14.5 Å². The van der Waals surface area contributed by atoms with E-state index in [0.717, 1.165) is 18.8 Å². The summed E-state index contributed by atoms with van der Waals surface area (Å²) in [5.74, 6) is -0.0415. The van der Waals surface area contributed by atoms with Gasteiger partial charge in [0.15, 0.2) is 0 Å². The lowest BCUT2D eigenvalue weighted by atomic mass is 10.2. The maximum Gasteiger partial charge on any atom is 0.339 e. The Morgan fingerprint density at radius 2 is 2.03 bits per heavy atom. The summed E-state index contributed by atoms with van der Waals surface area (Å²) in [7, 11) is 0. The molecule has 0 spiro atoms. The molecule has 0 N–H and O–H groups in total. The van der Waals surface area contributed by atoms with E-state index in [-0.39, 0.29) is 17.7 Å². The first-order valence-corrected chi connectivity index (χ1v) is 9.67. The highest BCUT2D eigenvalue weighted by Gasteiger charge is 2.19. The number of esters is 1. The van der Waals surface area contributed by atoms with E-state index in [2.05, 4.69) is 9.88 Å². The molecule has 0 radical (unpaired) electrons. The fourth-order valence-corrected chi connectivity index (χ4v) is 3.16. The summed E-state index contributed by atoms with van der Waals surface area (Å²) >= 11 is 0. The molecule has 1 aromatic heterocycles. The van der Waals surface area contributed by atoms with Crippen molar-refractivity contribution in [2.24, 2.45) is 0 Å². The molecule has 0 unspecified atom stereocenters. The average molecular weight is 397 g/mol. The molecule has 1 aromatic carbocycles. The van der Waals surface area contributed by atoms with Crippen LogP contribution in [0.3, 0.4) is 0 Å². The number of ether oxygens (including phenoxy) is 1. The summed E-state index contributed by atoms with van der Waals surface area (Å²) in [4.78, 5) is 32.5. The molecule has 1 aliphatic rings. The molecule has 1 aliphatic heterocycles. The van der Waals surface area contributed by atoms with Crippen LogP contribution >= 0.6 is 0 Å². The molecule has 2 heterocycles. The van der Waals surface area contributed by atoms with Crippen molar-refractivity contribution in [2.75, 3.05) is 37.7 Å². The number of aromatic nitrogens is 1. The Labute approximate surface area is 169 Å². The third-order valence-corrected chi connectivity index (χ3v) is 4.66. The minimum atomic E-state index is -0.385. The molecule has 6 nitrogen and oxygen atoms in total. The molecule has 0 saturated carbocycles. The number of anilines is 1. The zero-order valence-corrected chi connectivity index (χ0v) is 16.4. The number of hydrogen-bond donors (Lipinski definition) is 0. The van der Waals surface area contributed by atoms with Crippen LogP contribution in [-0.4, -0.2) is 54.5 Å². The molecule has 0 bridgehead atoms. The van der Waals surface area contributed by atoms with Gasteiger partial charge in [0.05, 0.1) is 12.2 Å². The van der Waals surface area contributed by atoms with Crippen LogP contribution in [0.2, 0.25) is 0 Å². The van der Waals surface area contributed by atoms with Crippen LogP contribution in [-0.2, 0) is 9.53 Å². The Bertz CT molecular complexity index is 883. The predicted molar refractivity (Wildman–Crippen MR) is 109 cm³/mol. The number of pyridine rings is 1. The smallest absolute Gasteiger partial charge is 0.339 e. The van der Waals surface area contributed by atoms with E-state index in [1.54, 1.807) is 42.2 Å². The summed E-state index contributed by atoms with van der Waals surface area (Å²) < 4.78 is 18.2. The van der Waals surface area contributed by atoms with Gasteiger partial charge in [-0.2, -0.15) is 0 Å². The van der Waals surface area contributed by atoms with Crippen molar-refractivity contribution >= 4 is 23.8 Å². The van der Waals surface area contributed by atoms with Gasteiger partial charge in [-0.15, -0.1) is 0 Å². The molecule has 0 aliphatic carbocycles. The third kappa shape index (κ3) is 5.63. The highest BCUT2D eigenvalue weighted by atomic mass is 19.1. The van der Waals surface area contributed by atoms with Gasteiger partial charge in [-0.05, 0) is 49.2 Å². The molecule has 0 atom stereocenters. The van der Waals surface area contributed by atoms with E-state index in [1.165, 1.54) is 24.4 Å². The molecular formula is C22H24FN3O3. The van der Waals surface area contributed by atoms with E-state index < -0.39 is 0 Å². The highest BCUT2D eigenvalue weighted by Crippen LogP contribution is 2.15. The van der Waals surface area contributed by atoms with Gasteiger partial charge in [0.2, 0.25) is 5.91 Å². The van der Waals surface area contributed by atoms with Crippen LogP contribution in [0.25, 0.3) is 6.08 Å². The van der Waals surface area contributed by atoms with Crippen LogP contribution in [0.4, 0.5) is 10.2 Å². The molecule has 2 aromatic rings. The number of benzene rings is 1. The van der Waals surface area contributed by atoms with Crippen molar-refractivity contribution in [3.8, 4) is 0 Å². The van der Waals surface area contributed by atoms with Gasteiger partial charge >= 0.3 is 5.97 Å². The average Bonchev–Trinajstić information content (AvgIpc) is 2.99. The Kier molecular flexibility index (Phi) is 6.94. The molecule has 1 amide bonds. The molecule has 7 heteroatoms. The maximum absolute atomic E-state index is 13.2. The van der Waals surface area contributed by atoms with Crippen molar-refractivity contribution in [1.82, 2.24) is 9.88 Å². The fourth-order valence-electron chi connectivity index (χ4n) is 3.16. The molecule has 152 valence electrons. The maximum atomic E-state index is 13.2. The second-order valence-electron chi connectivity index (χ2n) is 6.68. The predicted octanol–water partition coefficient (Wildman–Crippen LogP) is 3.15. The fraction of sp³-hybridized carbons (Fsp3) is 0.318. The minimum absolute atomic E-state index is 0.0956. The molecule has 1 fully saturated rings. The summed E-state index contributed by atoms with van der Waals surface area (Å²) in [6, 6.07) is 9.63. The largest absolute Gasteiger partial charge is 0.462 e. The number of rotatable bonds is 5. The normalized spacial score (nSPS) is 14.7. The summed E-state index contributed by atoms with van der Waals surface area (Å²) in [5.41, 5.74) is 1.07. The Hall–Kier alpha value is -3.22. The number of nitrogens with zero attached hydrogens (tertiary/aromatic N) is 3. The Balaban J connectivity index is 1.58. The van der Waals surface area contributed by atoms with Crippen molar-refractivity contribution < 1.29 is 18.7 Å². The van der Waals surface area contributed by atoms with Crippen molar-refractivity contribution in [2.45, 2.75) is 13.3 Å². The van der Waals surface area contributed by atoms with Gasteiger partial charge in [0.25, 0.3) is 0 Å². The topological polar surface area (TPSA) is 62.7 Å². The number of halogens is 1. The number of carbonyl (C=O) groups is 2. The van der Waals surface area contributed by atoms with E-state index in [0.29, 0.717) is 37.4 Å². The van der Waals surface area contributed by atoms with Crippen LogP contribution in [0.1, 0.15) is 29.3 Å². The van der Waals surface area contributed by atoms with Gasteiger partial charge in [-0.25, -0.2) is 14.2 Å². The van der Waals surface area contributed by atoms with E-state index >= 15 is 0 Å². The Morgan fingerprint density at radius 1 is 1.17 bits per heavy atom. The van der Waals surface area contributed by atoms with Gasteiger partial charge in [0.1, 0.15) is 11.6 Å². The standard InChI is InChI=1S/C22H24FN3O3/c1-2-29-22(28)18-8-9-20(24-16-18)25-11-4-12-26(14-13-25)21(27)10-7-17-5-3-6-19(23)15-17/h3,5-10,15-16H,2,4,11-14H2,1H3/b10-7+. The van der Waals surface area contributed by atoms with Gasteiger partial charge in [0, 0.05) is 38.5 Å². The van der Waals surface area contributed by atoms with Crippen LogP contribution in [0.15, 0.2) is 48.7 Å². The summed E-state index contributed by atoms with van der Waals surface area (Å²) in [5, 5.41) is 0. The first-order chi connectivity index (χ1) is 14.1. The van der Waals surface area contributed by atoms with Crippen molar-refractivity contribution in [3.63, 3.8) is 0 Å². The highest BCUT2D eigenvalue weighted by molar-refractivity contribution is 5.92. The van der Waals surface area contributed by atoms with E-state index in [4.69, 9.17) is 4.74 Å². The summed E-state index contributed by atoms with van der Waals surface area (Å²) in [6.07, 6.45) is 5.43. The molecule has 29 heavy (non-hydrogen) atoms. The summed E-state index contributed by atoms with van der Waals surface area (Å²) in [6.45, 7) is 4.70. The second kappa shape index (κ2) is 9.82. The lowest BCUT2D eigenvalue weighted by molar-refractivity contribution is -0.125. The zero-order valence-electron chi connectivity index (χ0n) is 16.4. The van der Waals surface area contributed by atoms with E-state index in [1.807, 2.05) is 0 Å². The molecular weight excluding hydrogens is 373 g/mol. The van der Waals surface area contributed by atoms with Crippen LogP contribution < -0.4 is 4.90 Å². The minimum Gasteiger partial charge on any atom is -0.462 e. The molecule has 3 rings (SSSR count). The van der Waals surface area contributed by atoms with Gasteiger partial charge in [-0.1, -0.05) is 12.1 Å². The quantitative estimate of drug-likeness (QED) is 0.573. The number of carbonyl (C=O) groups excluding carboxylic acids is 2. The SMILES string of the molecule is CCOC(=O)c1ccc(N2CCCN(C(=O)/C=C/c3cccc(F)c3)CC2)nc1.